The summed E-state index contributed by atoms with van der Waals surface area (Å²) in [6, 6.07) is 1.62. The van der Waals surface area contributed by atoms with Crippen LogP contribution in [0.3, 0.4) is 0 Å². The number of hydrogen-bond donors (Lipinski definition) is 1. The van der Waals surface area contributed by atoms with Crippen molar-refractivity contribution in [3.8, 4) is 0 Å². The minimum atomic E-state index is -3.43. The van der Waals surface area contributed by atoms with E-state index in [-0.39, 0.29) is 11.5 Å². The van der Waals surface area contributed by atoms with Gasteiger partial charge in [0.25, 0.3) is 0 Å². The van der Waals surface area contributed by atoms with Gasteiger partial charge in [0, 0.05) is 24.5 Å². The molecule has 110 valence electrons. The monoisotopic (exact) mass is 304 g/mol. The molecule has 0 spiro atoms. The van der Waals surface area contributed by atoms with E-state index in [9.17, 15) is 8.42 Å². The van der Waals surface area contributed by atoms with Gasteiger partial charge in [-0.2, -0.15) is 4.31 Å². The van der Waals surface area contributed by atoms with Gasteiger partial charge in [0.15, 0.2) is 0 Å². The highest BCUT2D eigenvalue weighted by atomic mass is 32.2. The molecule has 0 fully saturated rings. The van der Waals surface area contributed by atoms with Crippen LogP contribution in [0.5, 0.6) is 0 Å². The Hall–Kier alpha value is -0.430. The van der Waals surface area contributed by atoms with Gasteiger partial charge < -0.3 is 5.32 Å². The Kier molecular flexibility index (Phi) is 5.17. The fraction of sp³-hybridized carbons (Fsp3) is 0.692. The molecule has 0 saturated carbocycles. The van der Waals surface area contributed by atoms with Crippen LogP contribution in [-0.4, -0.2) is 32.9 Å². The second-order valence-corrected chi connectivity index (χ2v) is 8.77. The number of hydrogen-bond acceptors (Lipinski definition) is 4. The topological polar surface area (TPSA) is 49.4 Å². The maximum atomic E-state index is 12.7. The van der Waals surface area contributed by atoms with E-state index in [1.165, 1.54) is 15.6 Å². The van der Waals surface area contributed by atoms with Crippen molar-refractivity contribution < 1.29 is 8.42 Å². The van der Waals surface area contributed by atoms with Crippen molar-refractivity contribution in [2.24, 2.45) is 5.41 Å². The summed E-state index contributed by atoms with van der Waals surface area (Å²) >= 11 is 1.47. The largest absolute Gasteiger partial charge is 0.315 e. The summed E-state index contributed by atoms with van der Waals surface area (Å²) in [5.41, 5.74) is -0.0962. The number of nitrogens with zero attached hydrogens (tertiary/aromatic N) is 1. The number of rotatable bonds is 5. The molecule has 1 heterocycles. The quantitative estimate of drug-likeness (QED) is 0.909. The third kappa shape index (κ3) is 3.56. The molecule has 0 bridgehead atoms. The normalized spacial score (nSPS) is 14.9. The van der Waals surface area contributed by atoms with Crippen LogP contribution in [0.1, 0.15) is 32.6 Å². The molecule has 0 aliphatic carbocycles. The SMILES string of the molecule is CNCc1sccc1S(=O)(=O)N(C)C(C)C(C)(C)C. The zero-order valence-corrected chi connectivity index (χ0v) is 14.2. The average molecular weight is 304 g/mol. The van der Waals surface area contributed by atoms with E-state index in [1.807, 2.05) is 40.1 Å². The molecule has 0 aliphatic rings. The van der Waals surface area contributed by atoms with Gasteiger partial charge in [-0.1, -0.05) is 20.8 Å². The third-order valence-corrected chi connectivity index (χ3v) is 6.56. The molecule has 1 rings (SSSR count). The maximum absolute atomic E-state index is 12.7. The molecular formula is C13H24N2O2S2. The van der Waals surface area contributed by atoms with Gasteiger partial charge in [0.05, 0.1) is 4.90 Å². The van der Waals surface area contributed by atoms with Gasteiger partial charge in [-0.25, -0.2) is 8.42 Å². The number of nitrogens with one attached hydrogen (secondary N) is 1. The molecule has 19 heavy (non-hydrogen) atoms. The third-order valence-electron chi connectivity index (χ3n) is 3.50. The summed E-state index contributed by atoms with van der Waals surface area (Å²) < 4.78 is 26.8. The highest BCUT2D eigenvalue weighted by Crippen LogP contribution is 2.30. The molecular weight excluding hydrogens is 280 g/mol. The lowest BCUT2D eigenvalue weighted by Crippen LogP contribution is -2.43. The van der Waals surface area contributed by atoms with E-state index in [0.717, 1.165) is 4.88 Å². The van der Waals surface area contributed by atoms with Crippen molar-refractivity contribution in [1.82, 2.24) is 9.62 Å². The molecule has 1 aromatic rings. The van der Waals surface area contributed by atoms with Crippen molar-refractivity contribution in [3.05, 3.63) is 16.3 Å². The minimum Gasteiger partial charge on any atom is -0.315 e. The van der Waals surface area contributed by atoms with E-state index < -0.39 is 10.0 Å². The standard InChI is InChI=1S/C13H24N2O2S2/c1-10(13(2,3)4)15(6)19(16,17)12-7-8-18-11(12)9-14-5/h7-8,10,14H,9H2,1-6H3. The first-order valence-corrected chi connectivity index (χ1v) is 8.63. The minimum absolute atomic E-state index is 0.0696. The van der Waals surface area contributed by atoms with Crippen LogP contribution in [0.2, 0.25) is 0 Å². The second kappa shape index (κ2) is 5.91. The summed E-state index contributed by atoms with van der Waals surface area (Å²) in [7, 11) is 0.0487. The van der Waals surface area contributed by atoms with Gasteiger partial charge in [0.2, 0.25) is 10.0 Å². The molecule has 0 aromatic carbocycles. The van der Waals surface area contributed by atoms with Crippen LogP contribution in [0.15, 0.2) is 16.3 Å². The second-order valence-electron chi connectivity index (χ2n) is 5.80. The van der Waals surface area contributed by atoms with Crippen molar-refractivity contribution >= 4 is 21.4 Å². The fourth-order valence-electron chi connectivity index (χ4n) is 1.76. The van der Waals surface area contributed by atoms with E-state index in [2.05, 4.69) is 5.32 Å². The molecule has 0 aliphatic heterocycles. The first kappa shape index (κ1) is 16.6. The highest BCUT2D eigenvalue weighted by molar-refractivity contribution is 7.89. The molecule has 0 amide bonds. The Balaban J connectivity index is 3.13. The number of sulfonamides is 1. The first-order chi connectivity index (χ1) is 8.62. The van der Waals surface area contributed by atoms with Crippen LogP contribution in [0, 0.1) is 5.41 Å². The van der Waals surface area contributed by atoms with Crippen LogP contribution >= 0.6 is 11.3 Å². The van der Waals surface area contributed by atoms with E-state index >= 15 is 0 Å². The summed E-state index contributed by atoms with van der Waals surface area (Å²) in [5, 5.41) is 4.84. The Morgan fingerprint density at radius 2 is 2.00 bits per heavy atom. The van der Waals surface area contributed by atoms with Crippen molar-refractivity contribution in [1.29, 1.82) is 0 Å². The molecule has 1 aromatic heterocycles. The zero-order chi connectivity index (χ0) is 14.8. The first-order valence-electron chi connectivity index (χ1n) is 6.31. The summed E-state index contributed by atoms with van der Waals surface area (Å²) in [4.78, 5) is 1.28. The smallest absolute Gasteiger partial charge is 0.244 e. The molecule has 1 atom stereocenters. The summed E-state index contributed by atoms with van der Waals surface area (Å²) in [6.45, 7) is 8.66. The van der Waals surface area contributed by atoms with Crippen LogP contribution < -0.4 is 5.32 Å². The highest BCUT2D eigenvalue weighted by Gasteiger charge is 2.33. The van der Waals surface area contributed by atoms with Gasteiger partial charge >= 0.3 is 0 Å². The van der Waals surface area contributed by atoms with Crippen molar-refractivity contribution in [2.75, 3.05) is 14.1 Å². The molecule has 1 unspecified atom stereocenters. The summed E-state index contributed by atoms with van der Waals surface area (Å²) in [6.07, 6.45) is 0. The Labute approximate surface area is 120 Å². The lowest BCUT2D eigenvalue weighted by atomic mass is 9.88. The Morgan fingerprint density at radius 1 is 1.42 bits per heavy atom. The molecule has 6 heteroatoms. The molecule has 0 saturated heterocycles. The Bertz CT molecular complexity index is 515. The van der Waals surface area contributed by atoms with E-state index in [0.29, 0.717) is 11.4 Å². The fourth-order valence-corrected chi connectivity index (χ4v) is 4.73. The van der Waals surface area contributed by atoms with E-state index in [1.54, 1.807) is 13.1 Å². The van der Waals surface area contributed by atoms with Gasteiger partial charge in [-0.05, 0) is 30.8 Å². The van der Waals surface area contributed by atoms with Crippen molar-refractivity contribution in [2.45, 2.75) is 45.2 Å². The summed E-state index contributed by atoms with van der Waals surface area (Å²) in [5.74, 6) is 0. The maximum Gasteiger partial charge on any atom is 0.244 e. The van der Waals surface area contributed by atoms with Gasteiger partial charge in [-0.15, -0.1) is 11.3 Å². The van der Waals surface area contributed by atoms with Crippen molar-refractivity contribution in [3.63, 3.8) is 0 Å². The van der Waals surface area contributed by atoms with Gasteiger partial charge in [-0.3, -0.25) is 0 Å². The molecule has 0 radical (unpaired) electrons. The van der Waals surface area contributed by atoms with Crippen LogP contribution in [0.25, 0.3) is 0 Å². The molecule has 1 N–H and O–H groups in total. The number of thiophene rings is 1. The van der Waals surface area contributed by atoms with Crippen LogP contribution in [-0.2, 0) is 16.6 Å². The lowest BCUT2D eigenvalue weighted by Gasteiger charge is -2.34. The zero-order valence-electron chi connectivity index (χ0n) is 12.5. The Morgan fingerprint density at radius 3 is 2.47 bits per heavy atom. The predicted octanol–water partition coefficient (Wildman–Crippen LogP) is 2.52. The lowest BCUT2D eigenvalue weighted by molar-refractivity contribution is 0.216. The predicted molar refractivity (Wildman–Crippen MR) is 80.9 cm³/mol. The average Bonchev–Trinajstić information content (AvgIpc) is 2.75. The molecule has 4 nitrogen and oxygen atoms in total. The van der Waals surface area contributed by atoms with Crippen LogP contribution in [0.4, 0.5) is 0 Å². The van der Waals surface area contributed by atoms with Gasteiger partial charge in [0.1, 0.15) is 0 Å². The van der Waals surface area contributed by atoms with E-state index in [4.69, 9.17) is 0 Å².